The van der Waals surface area contributed by atoms with Crippen LogP contribution in [-0.4, -0.2) is 19.0 Å². The number of hydrogen-bond donors (Lipinski definition) is 3. The van der Waals surface area contributed by atoms with E-state index < -0.39 is 35.6 Å². The number of anilines is 1. The van der Waals surface area contributed by atoms with Gasteiger partial charge in [0.2, 0.25) is 5.91 Å². The van der Waals surface area contributed by atoms with E-state index in [1.165, 1.54) is 19.2 Å². The number of ether oxygens (including phenoxy) is 1. The minimum Gasteiger partial charge on any atom is -0.497 e. The molecule has 0 unspecified atom stereocenters. The fourth-order valence-electron chi connectivity index (χ4n) is 3.04. The standard InChI is InChI=1S/C20H18F3N3O3/c1-11-16(18(27)25-14-7-9-15(29-2)10-8-14)17(26-19(28)24-11)12-3-5-13(6-4-12)20(21,22)23/h3-10,16-17H,1H2,2H3,(H,25,27)(H2,24,26,28)/t16-,17+/m1/s1. The number of urea groups is 1. The fraction of sp³-hybridized carbons (Fsp3) is 0.200. The number of hydrogen-bond acceptors (Lipinski definition) is 3. The first-order chi connectivity index (χ1) is 13.7. The smallest absolute Gasteiger partial charge is 0.416 e. The number of benzene rings is 2. The van der Waals surface area contributed by atoms with Crippen molar-refractivity contribution in [1.29, 1.82) is 0 Å². The number of rotatable bonds is 4. The zero-order chi connectivity index (χ0) is 21.2. The number of alkyl halides is 3. The van der Waals surface area contributed by atoms with Crippen LogP contribution in [0.2, 0.25) is 0 Å². The molecule has 0 aliphatic carbocycles. The summed E-state index contributed by atoms with van der Waals surface area (Å²) in [5, 5.41) is 7.74. The largest absolute Gasteiger partial charge is 0.497 e. The number of methoxy groups -OCH3 is 1. The van der Waals surface area contributed by atoms with Crippen molar-refractivity contribution in [2.24, 2.45) is 5.92 Å². The van der Waals surface area contributed by atoms with Gasteiger partial charge in [-0.05, 0) is 42.0 Å². The highest BCUT2D eigenvalue weighted by molar-refractivity contribution is 5.97. The molecule has 0 spiro atoms. The summed E-state index contributed by atoms with van der Waals surface area (Å²) in [7, 11) is 1.52. The molecule has 1 heterocycles. The minimum atomic E-state index is -4.48. The Labute approximate surface area is 164 Å². The Hall–Kier alpha value is -3.49. The molecule has 1 aliphatic heterocycles. The number of carbonyl (C=O) groups excluding carboxylic acids is 2. The molecule has 2 aromatic rings. The highest BCUT2D eigenvalue weighted by atomic mass is 19.4. The van der Waals surface area contributed by atoms with Crippen LogP contribution in [0, 0.1) is 5.92 Å². The molecule has 2 aromatic carbocycles. The quantitative estimate of drug-likeness (QED) is 0.723. The topological polar surface area (TPSA) is 79.5 Å². The highest BCUT2D eigenvalue weighted by Crippen LogP contribution is 2.34. The molecule has 6 nitrogen and oxygen atoms in total. The number of carbonyl (C=O) groups is 2. The van der Waals surface area contributed by atoms with E-state index >= 15 is 0 Å². The molecule has 0 bridgehead atoms. The van der Waals surface area contributed by atoms with E-state index in [2.05, 4.69) is 22.5 Å². The van der Waals surface area contributed by atoms with Crippen LogP contribution in [0.4, 0.5) is 23.7 Å². The van der Waals surface area contributed by atoms with Crippen LogP contribution in [0.25, 0.3) is 0 Å². The van der Waals surface area contributed by atoms with Gasteiger partial charge in [-0.2, -0.15) is 13.2 Å². The molecule has 3 N–H and O–H groups in total. The predicted molar refractivity (Wildman–Crippen MR) is 100 cm³/mol. The van der Waals surface area contributed by atoms with Gasteiger partial charge in [0.15, 0.2) is 0 Å². The second kappa shape index (κ2) is 7.86. The summed E-state index contributed by atoms with van der Waals surface area (Å²) in [6.45, 7) is 3.74. The van der Waals surface area contributed by atoms with E-state index in [0.29, 0.717) is 17.0 Å². The van der Waals surface area contributed by atoms with Crippen molar-refractivity contribution < 1.29 is 27.5 Å². The molecule has 29 heavy (non-hydrogen) atoms. The average Bonchev–Trinajstić information content (AvgIpc) is 2.67. The van der Waals surface area contributed by atoms with Gasteiger partial charge in [-0.3, -0.25) is 4.79 Å². The Morgan fingerprint density at radius 2 is 1.72 bits per heavy atom. The zero-order valence-corrected chi connectivity index (χ0v) is 15.3. The van der Waals surface area contributed by atoms with Gasteiger partial charge >= 0.3 is 12.2 Å². The Morgan fingerprint density at radius 3 is 2.28 bits per heavy atom. The molecule has 3 amide bonds. The van der Waals surface area contributed by atoms with E-state index in [0.717, 1.165) is 12.1 Å². The number of amides is 3. The summed E-state index contributed by atoms with van der Waals surface area (Å²) in [6.07, 6.45) is -4.48. The van der Waals surface area contributed by atoms with Crippen LogP contribution >= 0.6 is 0 Å². The summed E-state index contributed by atoms with van der Waals surface area (Å²) in [5.41, 5.74) is 0.166. The predicted octanol–water partition coefficient (Wildman–Crippen LogP) is 3.84. The molecule has 0 saturated carbocycles. The zero-order valence-electron chi connectivity index (χ0n) is 15.3. The van der Waals surface area contributed by atoms with Crippen molar-refractivity contribution in [3.8, 4) is 5.75 Å². The van der Waals surface area contributed by atoms with Crippen molar-refractivity contribution in [3.05, 3.63) is 71.9 Å². The lowest BCUT2D eigenvalue weighted by molar-refractivity contribution is -0.137. The fourth-order valence-corrected chi connectivity index (χ4v) is 3.04. The second-order valence-electron chi connectivity index (χ2n) is 6.42. The lowest BCUT2D eigenvalue weighted by atomic mass is 9.88. The minimum absolute atomic E-state index is 0.143. The molecule has 9 heteroatoms. The van der Waals surface area contributed by atoms with Gasteiger partial charge in [-0.15, -0.1) is 0 Å². The molecule has 1 saturated heterocycles. The molecule has 2 atom stereocenters. The van der Waals surface area contributed by atoms with Crippen molar-refractivity contribution in [3.63, 3.8) is 0 Å². The summed E-state index contributed by atoms with van der Waals surface area (Å²) >= 11 is 0. The molecule has 1 aliphatic rings. The monoisotopic (exact) mass is 405 g/mol. The van der Waals surface area contributed by atoms with Gasteiger partial charge in [0.25, 0.3) is 0 Å². The van der Waals surface area contributed by atoms with Crippen molar-refractivity contribution in [2.45, 2.75) is 12.2 Å². The summed E-state index contributed by atoms with van der Waals surface area (Å²) < 4.78 is 43.5. The van der Waals surface area contributed by atoms with Gasteiger partial charge in [0.05, 0.1) is 18.7 Å². The number of halogens is 3. The van der Waals surface area contributed by atoms with E-state index in [-0.39, 0.29) is 5.70 Å². The normalized spacial score (nSPS) is 19.2. The average molecular weight is 405 g/mol. The maximum absolute atomic E-state index is 12.9. The highest BCUT2D eigenvalue weighted by Gasteiger charge is 2.38. The van der Waals surface area contributed by atoms with Gasteiger partial charge in [0, 0.05) is 11.4 Å². The van der Waals surface area contributed by atoms with Crippen LogP contribution < -0.4 is 20.7 Å². The Morgan fingerprint density at radius 1 is 1.10 bits per heavy atom. The summed E-state index contributed by atoms with van der Waals surface area (Å²) in [5.74, 6) is -0.800. The number of nitrogens with one attached hydrogen (secondary N) is 3. The molecule has 3 rings (SSSR count). The van der Waals surface area contributed by atoms with Crippen LogP contribution in [0.5, 0.6) is 5.75 Å². The van der Waals surface area contributed by atoms with Crippen molar-refractivity contribution in [2.75, 3.05) is 12.4 Å². The van der Waals surface area contributed by atoms with Crippen LogP contribution in [0.15, 0.2) is 60.8 Å². The molecule has 0 radical (unpaired) electrons. The SMILES string of the molecule is C=C1NC(=O)N[C@@H](c2ccc(C(F)(F)F)cc2)[C@@H]1C(=O)Nc1ccc(OC)cc1. The molecular formula is C20H18F3N3O3. The summed E-state index contributed by atoms with van der Waals surface area (Å²) in [6, 6.07) is 9.43. The van der Waals surface area contributed by atoms with Gasteiger partial charge in [-0.25, -0.2) is 4.79 Å². The third-order valence-corrected chi connectivity index (χ3v) is 4.51. The molecule has 0 aromatic heterocycles. The Balaban J connectivity index is 1.86. The van der Waals surface area contributed by atoms with E-state index in [4.69, 9.17) is 4.74 Å². The molecule has 152 valence electrons. The van der Waals surface area contributed by atoms with Crippen LogP contribution in [0.3, 0.4) is 0 Å². The van der Waals surface area contributed by atoms with Crippen molar-refractivity contribution >= 4 is 17.6 Å². The maximum atomic E-state index is 12.9. The summed E-state index contributed by atoms with van der Waals surface area (Å²) in [4.78, 5) is 24.7. The second-order valence-corrected chi connectivity index (χ2v) is 6.42. The van der Waals surface area contributed by atoms with Gasteiger partial charge in [-0.1, -0.05) is 18.7 Å². The van der Waals surface area contributed by atoms with Crippen LogP contribution in [0.1, 0.15) is 17.2 Å². The first-order valence-electron chi connectivity index (χ1n) is 8.57. The van der Waals surface area contributed by atoms with Crippen molar-refractivity contribution in [1.82, 2.24) is 10.6 Å². The maximum Gasteiger partial charge on any atom is 0.416 e. The van der Waals surface area contributed by atoms with Gasteiger partial charge in [0.1, 0.15) is 11.7 Å². The first-order valence-corrected chi connectivity index (χ1v) is 8.57. The van der Waals surface area contributed by atoms with Crippen LogP contribution in [-0.2, 0) is 11.0 Å². The lowest BCUT2D eigenvalue weighted by Crippen LogP contribution is -2.51. The Kier molecular flexibility index (Phi) is 5.49. The third-order valence-electron chi connectivity index (χ3n) is 4.51. The molecular weight excluding hydrogens is 387 g/mol. The molecule has 1 fully saturated rings. The lowest BCUT2D eigenvalue weighted by Gasteiger charge is -2.34. The van der Waals surface area contributed by atoms with E-state index in [1.54, 1.807) is 24.3 Å². The Bertz CT molecular complexity index is 925. The first kappa shape index (κ1) is 20.2. The third kappa shape index (κ3) is 4.50. The van der Waals surface area contributed by atoms with Gasteiger partial charge < -0.3 is 20.7 Å². The van der Waals surface area contributed by atoms with E-state index in [1.807, 2.05) is 0 Å². The van der Waals surface area contributed by atoms with E-state index in [9.17, 15) is 22.8 Å².